The van der Waals surface area contributed by atoms with E-state index in [1.807, 2.05) is 0 Å². The molecule has 0 saturated heterocycles. The molecule has 1 N–H and O–H groups in total. The molecule has 6 heteroatoms. The van der Waals surface area contributed by atoms with E-state index in [1.54, 1.807) is 18.4 Å². The summed E-state index contributed by atoms with van der Waals surface area (Å²) in [5.74, 6) is 0. The molecule has 104 valence electrons. The zero-order valence-electron chi connectivity index (χ0n) is 11.6. The third-order valence-corrected chi connectivity index (χ3v) is 5.29. The van der Waals surface area contributed by atoms with Gasteiger partial charge >= 0.3 is 0 Å². The summed E-state index contributed by atoms with van der Waals surface area (Å²) in [7, 11) is -1.48. The Balaban J connectivity index is 2.48. The lowest BCUT2D eigenvalue weighted by Crippen LogP contribution is -2.34. The molecular weight excluding hydrogens is 268 g/mol. The van der Waals surface area contributed by atoms with Crippen molar-refractivity contribution >= 4 is 21.4 Å². The van der Waals surface area contributed by atoms with Crippen LogP contribution in [0, 0.1) is 13.8 Å². The Bertz CT molecular complexity index is 494. The maximum Gasteiger partial charge on any atom is 0.210 e. The quantitative estimate of drug-likeness (QED) is 0.870. The first kappa shape index (κ1) is 15.6. The van der Waals surface area contributed by atoms with Gasteiger partial charge in [-0.1, -0.05) is 0 Å². The fourth-order valence-corrected chi connectivity index (χ4v) is 3.24. The summed E-state index contributed by atoms with van der Waals surface area (Å²) in [6.45, 7) is 7.47. The molecule has 1 aromatic rings. The van der Waals surface area contributed by atoms with Crippen molar-refractivity contribution in [3.8, 4) is 0 Å². The SMILES string of the molecule is Cc1cc(C(C)NCCN(C)S(C)(=O)=O)c(C)s1. The summed E-state index contributed by atoms with van der Waals surface area (Å²) < 4.78 is 23.8. The lowest BCUT2D eigenvalue weighted by molar-refractivity contribution is 0.448. The second-order valence-electron chi connectivity index (χ2n) is 4.63. The van der Waals surface area contributed by atoms with Crippen LogP contribution in [0.2, 0.25) is 0 Å². The molecule has 0 bridgehead atoms. The minimum atomic E-state index is -3.07. The van der Waals surface area contributed by atoms with Gasteiger partial charge in [-0.25, -0.2) is 12.7 Å². The Morgan fingerprint density at radius 3 is 2.50 bits per heavy atom. The topological polar surface area (TPSA) is 49.4 Å². The van der Waals surface area contributed by atoms with E-state index < -0.39 is 10.0 Å². The first-order valence-corrected chi connectivity index (χ1v) is 8.60. The number of hydrogen-bond acceptors (Lipinski definition) is 4. The van der Waals surface area contributed by atoms with Gasteiger partial charge in [0.2, 0.25) is 10.0 Å². The molecule has 1 rings (SSSR count). The molecule has 0 fully saturated rings. The summed E-state index contributed by atoms with van der Waals surface area (Å²) in [4.78, 5) is 2.63. The molecule has 0 saturated carbocycles. The van der Waals surface area contributed by atoms with E-state index >= 15 is 0 Å². The van der Waals surface area contributed by atoms with E-state index in [4.69, 9.17) is 0 Å². The van der Waals surface area contributed by atoms with E-state index in [0.29, 0.717) is 13.1 Å². The van der Waals surface area contributed by atoms with E-state index in [9.17, 15) is 8.42 Å². The largest absolute Gasteiger partial charge is 0.309 e. The van der Waals surface area contributed by atoms with Gasteiger partial charge in [0, 0.05) is 35.9 Å². The highest BCUT2D eigenvalue weighted by atomic mass is 32.2. The average molecular weight is 290 g/mol. The van der Waals surface area contributed by atoms with Crippen LogP contribution in [0.5, 0.6) is 0 Å². The van der Waals surface area contributed by atoms with Gasteiger partial charge in [0.25, 0.3) is 0 Å². The second-order valence-corrected chi connectivity index (χ2v) is 8.18. The summed E-state index contributed by atoms with van der Waals surface area (Å²) in [6.07, 6.45) is 1.23. The van der Waals surface area contributed by atoms with Crippen molar-refractivity contribution in [3.05, 3.63) is 21.4 Å². The molecule has 1 heterocycles. The third kappa shape index (κ3) is 4.35. The normalized spacial score (nSPS) is 14.1. The summed E-state index contributed by atoms with van der Waals surface area (Å²) in [6, 6.07) is 2.45. The van der Waals surface area contributed by atoms with Gasteiger partial charge in [-0.2, -0.15) is 0 Å². The third-order valence-electron chi connectivity index (χ3n) is 2.99. The number of thiophene rings is 1. The number of hydrogen-bond donors (Lipinski definition) is 1. The van der Waals surface area contributed by atoms with Crippen LogP contribution in [-0.2, 0) is 10.0 Å². The van der Waals surface area contributed by atoms with E-state index in [2.05, 4.69) is 32.2 Å². The van der Waals surface area contributed by atoms with Crippen LogP contribution >= 0.6 is 11.3 Å². The number of nitrogens with zero attached hydrogens (tertiary/aromatic N) is 1. The molecule has 1 aromatic heterocycles. The van der Waals surface area contributed by atoms with Gasteiger partial charge in [0.15, 0.2) is 0 Å². The van der Waals surface area contributed by atoms with Crippen molar-refractivity contribution in [3.63, 3.8) is 0 Å². The van der Waals surface area contributed by atoms with E-state index in [0.717, 1.165) is 0 Å². The Morgan fingerprint density at radius 1 is 1.44 bits per heavy atom. The fraction of sp³-hybridized carbons (Fsp3) is 0.667. The van der Waals surface area contributed by atoms with Crippen LogP contribution in [0.4, 0.5) is 0 Å². The molecule has 0 aliphatic heterocycles. The minimum absolute atomic E-state index is 0.253. The predicted octanol–water partition coefficient (Wildman–Crippen LogP) is 1.91. The van der Waals surface area contributed by atoms with Crippen molar-refractivity contribution in [2.45, 2.75) is 26.8 Å². The van der Waals surface area contributed by atoms with Crippen LogP contribution in [0.15, 0.2) is 6.07 Å². The van der Waals surface area contributed by atoms with Crippen molar-refractivity contribution in [2.24, 2.45) is 0 Å². The maximum atomic E-state index is 11.2. The Hall–Kier alpha value is -0.430. The number of rotatable bonds is 6. The van der Waals surface area contributed by atoms with Crippen LogP contribution in [-0.4, -0.2) is 39.1 Å². The highest BCUT2D eigenvalue weighted by Gasteiger charge is 2.13. The Morgan fingerprint density at radius 2 is 2.06 bits per heavy atom. The van der Waals surface area contributed by atoms with Gasteiger partial charge in [-0.05, 0) is 32.4 Å². The monoisotopic (exact) mass is 290 g/mol. The van der Waals surface area contributed by atoms with Crippen molar-refractivity contribution in [2.75, 3.05) is 26.4 Å². The molecular formula is C12H22N2O2S2. The molecule has 1 atom stereocenters. The molecule has 18 heavy (non-hydrogen) atoms. The van der Waals surface area contributed by atoms with Crippen molar-refractivity contribution in [1.29, 1.82) is 0 Å². The minimum Gasteiger partial charge on any atom is -0.309 e. The van der Waals surface area contributed by atoms with Crippen LogP contribution in [0.3, 0.4) is 0 Å². The van der Waals surface area contributed by atoms with Crippen molar-refractivity contribution in [1.82, 2.24) is 9.62 Å². The molecule has 0 spiro atoms. The average Bonchev–Trinajstić information content (AvgIpc) is 2.56. The molecule has 0 aliphatic carbocycles. The Kier molecular flexibility index (Phi) is 5.33. The first-order chi connectivity index (χ1) is 8.21. The van der Waals surface area contributed by atoms with Crippen LogP contribution in [0.1, 0.15) is 28.3 Å². The molecule has 1 unspecified atom stereocenters. The Labute approximate surface area is 114 Å². The van der Waals surface area contributed by atoms with Gasteiger partial charge in [0.1, 0.15) is 0 Å². The predicted molar refractivity (Wildman–Crippen MR) is 77.7 cm³/mol. The fourth-order valence-electron chi connectivity index (χ4n) is 1.79. The zero-order valence-corrected chi connectivity index (χ0v) is 13.3. The highest BCUT2D eigenvalue weighted by molar-refractivity contribution is 7.88. The van der Waals surface area contributed by atoms with Gasteiger partial charge in [-0.3, -0.25) is 0 Å². The van der Waals surface area contributed by atoms with Crippen LogP contribution < -0.4 is 5.32 Å². The smallest absolute Gasteiger partial charge is 0.210 e. The molecule has 0 amide bonds. The number of aryl methyl sites for hydroxylation is 2. The van der Waals surface area contributed by atoms with Crippen molar-refractivity contribution < 1.29 is 8.42 Å². The first-order valence-electron chi connectivity index (χ1n) is 5.93. The summed E-state index contributed by atoms with van der Waals surface area (Å²) in [5, 5.41) is 3.36. The van der Waals surface area contributed by atoms with E-state index in [1.165, 1.54) is 25.9 Å². The standard InChI is InChI=1S/C12H22N2O2S2/c1-9-8-12(11(3)17-9)10(2)13-6-7-14(4)18(5,15)16/h8,10,13H,6-7H2,1-5H3. The van der Waals surface area contributed by atoms with E-state index in [-0.39, 0.29) is 6.04 Å². The summed E-state index contributed by atoms with van der Waals surface area (Å²) >= 11 is 1.80. The number of sulfonamides is 1. The highest BCUT2D eigenvalue weighted by Crippen LogP contribution is 2.25. The molecule has 0 aliphatic rings. The van der Waals surface area contributed by atoms with Gasteiger partial charge in [0.05, 0.1) is 6.26 Å². The van der Waals surface area contributed by atoms with Gasteiger partial charge < -0.3 is 5.32 Å². The lowest BCUT2D eigenvalue weighted by Gasteiger charge is -2.17. The second kappa shape index (κ2) is 6.14. The summed E-state index contributed by atoms with van der Waals surface area (Å²) in [5.41, 5.74) is 1.31. The lowest BCUT2D eigenvalue weighted by atomic mass is 10.1. The zero-order chi connectivity index (χ0) is 13.9. The molecule has 4 nitrogen and oxygen atoms in total. The molecule has 0 radical (unpaired) electrons. The van der Waals surface area contributed by atoms with Crippen LogP contribution in [0.25, 0.3) is 0 Å². The maximum absolute atomic E-state index is 11.2. The molecule has 0 aromatic carbocycles. The number of nitrogens with one attached hydrogen (secondary N) is 1. The van der Waals surface area contributed by atoms with Gasteiger partial charge in [-0.15, -0.1) is 11.3 Å². The number of likely N-dealkylation sites (N-methyl/N-ethyl adjacent to an activating group) is 1.